The maximum Gasteiger partial charge on any atom is 0.234 e. The number of nitrogens with zero attached hydrogens (tertiary/aromatic N) is 1. The molecule has 1 saturated heterocycles. The van der Waals surface area contributed by atoms with Gasteiger partial charge in [0, 0.05) is 25.0 Å². The predicted molar refractivity (Wildman–Crippen MR) is 74.9 cm³/mol. The van der Waals surface area contributed by atoms with Gasteiger partial charge >= 0.3 is 0 Å². The van der Waals surface area contributed by atoms with Gasteiger partial charge in [0.25, 0.3) is 0 Å². The van der Waals surface area contributed by atoms with Crippen LogP contribution in [0.3, 0.4) is 0 Å². The molecule has 1 aliphatic carbocycles. The third-order valence-electron chi connectivity index (χ3n) is 4.46. The van der Waals surface area contributed by atoms with Crippen LogP contribution in [-0.2, 0) is 4.79 Å². The fraction of sp³-hybridized carbons (Fsp3) is 0.929. The molecule has 3 N–H and O–H groups in total. The molecule has 2 rings (SSSR count). The summed E-state index contributed by atoms with van der Waals surface area (Å²) in [6.45, 7) is 5.27. The molecule has 0 radical (unpaired) electrons. The third-order valence-corrected chi connectivity index (χ3v) is 4.46. The van der Waals surface area contributed by atoms with E-state index in [9.17, 15) is 9.90 Å². The maximum atomic E-state index is 12.0. The van der Waals surface area contributed by atoms with Gasteiger partial charge in [-0.05, 0) is 32.4 Å². The molecule has 0 bridgehead atoms. The van der Waals surface area contributed by atoms with Crippen LogP contribution in [0.2, 0.25) is 0 Å². The van der Waals surface area contributed by atoms with Crippen molar-refractivity contribution in [2.24, 2.45) is 5.41 Å². The Balaban J connectivity index is 1.71. The second kappa shape index (κ2) is 7.22. The molecule has 0 unspecified atom stereocenters. The average molecular weight is 269 g/mol. The number of hydrogen-bond donors (Lipinski definition) is 3. The van der Waals surface area contributed by atoms with Gasteiger partial charge < -0.3 is 15.7 Å². The lowest BCUT2D eigenvalue weighted by Crippen LogP contribution is -2.43. The smallest absolute Gasteiger partial charge is 0.234 e. The molecule has 5 nitrogen and oxygen atoms in total. The van der Waals surface area contributed by atoms with Crippen molar-refractivity contribution in [3.05, 3.63) is 0 Å². The summed E-state index contributed by atoms with van der Waals surface area (Å²) in [6, 6.07) is 0. The second-order valence-electron chi connectivity index (χ2n) is 6.02. The quantitative estimate of drug-likeness (QED) is 0.655. The van der Waals surface area contributed by atoms with Gasteiger partial charge in [0.2, 0.25) is 5.91 Å². The van der Waals surface area contributed by atoms with E-state index < -0.39 is 0 Å². The second-order valence-corrected chi connectivity index (χ2v) is 6.02. The number of rotatable bonds is 5. The minimum absolute atomic E-state index is 0.0456. The molecule has 0 aromatic carbocycles. The summed E-state index contributed by atoms with van der Waals surface area (Å²) in [5.74, 6) is 0.0987. The summed E-state index contributed by atoms with van der Waals surface area (Å²) in [7, 11) is 0. The van der Waals surface area contributed by atoms with Crippen LogP contribution in [0.5, 0.6) is 0 Å². The Morgan fingerprint density at radius 1 is 1.21 bits per heavy atom. The van der Waals surface area contributed by atoms with Crippen LogP contribution in [0.15, 0.2) is 0 Å². The summed E-state index contributed by atoms with van der Waals surface area (Å²) < 4.78 is 0. The van der Waals surface area contributed by atoms with Crippen molar-refractivity contribution >= 4 is 5.91 Å². The zero-order chi connectivity index (χ0) is 13.6. The van der Waals surface area contributed by atoms with Crippen molar-refractivity contribution in [1.82, 2.24) is 15.5 Å². The molecule has 0 spiro atoms. The molecule has 0 aromatic heterocycles. The first kappa shape index (κ1) is 14.8. The number of carbonyl (C=O) groups excluding carboxylic acids is 1. The minimum Gasteiger partial charge on any atom is -0.396 e. The molecule has 1 saturated carbocycles. The highest BCUT2D eigenvalue weighted by atomic mass is 16.3. The summed E-state index contributed by atoms with van der Waals surface area (Å²) in [6.07, 6.45) is 5.53. The fourth-order valence-corrected chi connectivity index (χ4v) is 3.12. The first-order valence-corrected chi connectivity index (χ1v) is 7.55. The van der Waals surface area contributed by atoms with E-state index >= 15 is 0 Å². The lowest BCUT2D eigenvalue weighted by Gasteiger charge is -2.27. The molecular weight excluding hydrogens is 242 g/mol. The Morgan fingerprint density at radius 2 is 2.00 bits per heavy atom. The lowest BCUT2D eigenvalue weighted by atomic mass is 9.87. The van der Waals surface area contributed by atoms with Gasteiger partial charge in [0.1, 0.15) is 0 Å². The van der Waals surface area contributed by atoms with Crippen molar-refractivity contribution in [1.29, 1.82) is 0 Å². The van der Waals surface area contributed by atoms with Crippen LogP contribution < -0.4 is 10.6 Å². The van der Waals surface area contributed by atoms with Gasteiger partial charge in [-0.25, -0.2) is 0 Å². The number of carbonyl (C=O) groups is 1. The predicted octanol–water partition coefficient (Wildman–Crippen LogP) is -0.0494. The molecule has 2 aliphatic rings. The Hall–Kier alpha value is -0.650. The van der Waals surface area contributed by atoms with E-state index in [-0.39, 0.29) is 17.9 Å². The largest absolute Gasteiger partial charge is 0.396 e. The van der Waals surface area contributed by atoms with Gasteiger partial charge in [0.15, 0.2) is 0 Å². The minimum atomic E-state index is -0.0456. The van der Waals surface area contributed by atoms with Crippen LogP contribution in [-0.4, -0.2) is 61.8 Å². The summed E-state index contributed by atoms with van der Waals surface area (Å²) >= 11 is 0. The third kappa shape index (κ3) is 4.44. The zero-order valence-electron chi connectivity index (χ0n) is 11.8. The molecule has 19 heavy (non-hydrogen) atoms. The van der Waals surface area contributed by atoms with E-state index in [1.165, 1.54) is 12.8 Å². The van der Waals surface area contributed by atoms with Crippen LogP contribution in [0.1, 0.15) is 32.1 Å². The molecule has 1 aliphatic heterocycles. The van der Waals surface area contributed by atoms with Crippen molar-refractivity contribution in [2.45, 2.75) is 32.1 Å². The molecule has 2 fully saturated rings. The molecule has 5 heteroatoms. The van der Waals surface area contributed by atoms with Crippen LogP contribution in [0.4, 0.5) is 0 Å². The van der Waals surface area contributed by atoms with Gasteiger partial charge in [-0.1, -0.05) is 12.8 Å². The van der Waals surface area contributed by atoms with E-state index in [1.807, 2.05) is 0 Å². The monoisotopic (exact) mass is 269 g/mol. The summed E-state index contributed by atoms with van der Waals surface area (Å²) in [5, 5.41) is 15.9. The molecule has 1 heterocycles. The van der Waals surface area contributed by atoms with Crippen molar-refractivity contribution in [2.75, 3.05) is 45.9 Å². The maximum absolute atomic E-state index is 12.0. The number of nitrogens with one attached hydrogen (secondary N) is 2. The van der Waals surface area contributed by atoms with Gasteiger partial charge in [-0.15, -0.1) is 0 Å². The molecule has 110 valence electrons. The van der Waals surface area contributed by atoms with Gasteiger partial charge in [-0.2, -0.15) is 0 Å². The Morgan fingerprint density at radius 3 is 2.74 bits per heavy atom. The van der Waals surface area contributed by atoms with Crippen molar-refractivity contribution in [3.8, 4) is 0 Å². The standard InChI is InChI=1S/C14H27N3O2/c18-12-14(4-1-2-5-14)11-16-13(19)10-17-8-3-6-15-7-9-17/h15,18H,1-12H2,(H,16,19). The highest BCUT2D eigenvalue weighted by molar-refractivity contribution is 5.78. The first-order chi connectivity index (χ1) is 9.24. The van der Waals surface area contributed by atoms with Crippen molar-refractivity contribution in [3.63, 3.8) is 0 Å². The van der Waals surface area contributed by atoms with Crippen LogP contribution >= 0.6 is 0 Å². The normalized spacial score (nSPS) is 24.1. The summed E-state index contributed by atoms with van der Waals surface area (Å²) in [4.78, 5) is 14.2. The fourth-order valence-electron chi connectivity index (χ4n) is 3.12. The zero-order valence-corrected chi connectivity index (χ0v) is 11.8. The average Bonchev–Trinajstić information content (AvgIpc) is 2.75. The lowest BCUT2D eigenvalue weighted by molar-refractivity contribution is -0.122. The SMILES string of the molecule is O=C(CN1CCCNCC1)NCC1(CO)CCCC1. The topological polar surface area (TPSA) is 64.6 Å². The number of aliphatic hydroxyl groups is 1. The molecular formula is C14H27N3O2. The van der Waals surface area contributed by atoms with E-state index in [0.29, 0.717) is 13.1 Å². The van der Waals surface area contributed by atoms with Gasteiger partial charge in [0.05, 0.1) is 13.2 Å². The molecule has 1 amide bonds. The number of aliphatic hydroxyl groups excluding tert-OH is 1. The van der Waals surface area contributed by atoms with Gasteiger partial charge in [-0.3, -0.25) is 9.69 Å². The number of amides is 1. The Bertz CT molecular complexity index is 282. The highest BCUT2D eigenvalue weighted by Crippen LogP contribution is 2.36. The van der Waals surface area contributed by atoms with E-state index in [0.717, 1.165) is 45.4 Å². The van der Waals surface area contributed by atoms with E-state index in [2.05, 4.69) is 15.5 Å². The Kier molecular flexibility index (Phi) is 5.60. The van der Waals surface area contributed by atoms with Crippen molar-refractivity contribution < 1.29 is 9.90 Å². The summed E-state index contributed by atoms with van der Waals surface area (Å²) in [5.41, 5.74) is -0.0456. The van der Waals surface area contributed by atoms with E-state index in [4.69, 9.17) is 0 Å². The van der Waals surface area contributed by atoms with Crippen LogP contribution in [0.25, 0.3) is 0 Å². The number of hydrogen-bond acceptors (Lipinski definition) is 4. The highest BCUT2D eigenvalue weighted by Gasteiger charge is 2.33. The molecule has 0 aromatic rings. The first-order valence-electron chi connectivity index (χ1n) is 7.55. The Labute approximate surface area is 115 Å². The molecule has 0 atom stereocenters. The van der Waals surface area contributed by atoms with Crippen LogP contribution in [0, 0.1) is 5.41 Å². The van der Waals surface area contributed by atoms with E-state index in [1.54, 1.807) is 0 Å².